The Labute approximate surface area is 308 Å². The lowest BCUT2D eigenvalue weighted by atomic mass is 9.92. The van der Waals surface area contributed by atoms with Crippen LogP contribution in [-0.4, -0.2) is 0 Å². The highest BCUT2D eigenvalue weighted by atomic mass is 16.5. The first kappa shape index (κ1) is 30.7. The third kappa shape index (κ3) is 5.56. The summed E-state index contributed by atoms with van der Waals surface area (Å²) in [6, 6.07) is 70.3. The molecule has 0 aliphatic carbocycles. The summed E-state index contributed by atoms with van der Waals surface area (Å²) < 4.78 is 13.1. The normalized spacial score (nSPS) is 11.7. The van der Waals surface area contributed by atoms with Gasteiger partial charge in [-0.15, -0.1) is 0 Å². The first-order valence-electron chi connectivity index (χ1n) is 17.9. The van der Waals surface area contributed by atoms with Gasteiger partial charge in [0, 0.05) is 17.4 Å². The van der Waals surface area contributed by atoms with Crippen LogP contribution in [0.2, 0.25) is 0 Å². The molecule has 250 valence electrons. The molecule has 0 N–H and O–H groups in total. The van der Waals surface area contributed by atoms with E-state index in [0.29, 0.717) is 11.5 Å². The molecule has 53 heavy (non-hydrogen) atoms. The van der Waals surface area contributed by atoms with Crippen LogP contribution in [0.1, 0.15) is 0 Å². The Balaban J connectivity index is 1.07. The monoisotopic (exact) mass is 679 g/mol. The molecule has 0 radical (unpaired) electrons. The fourth-order valence-corrected chi connectivity index (χ4v) is 7.57. The van der Waals surface area contributed by atoms with Gasteiger partial charge in [-0.25, -0.2) is 0 Å². The minimum atomic E-state index is 0.665. The summed E-state index contributed by atoms with van der Waals surface area (Å²) in [6.07, 6.45) is 0. The zero-order chi connectivity index (χ0) is 35.1. The van der Waals surface area contributed by atoms with Gasteiger partial charge in [-0.2, -0.15) is 0 Å². The van der Waals surface area contributed by atoms with Crippen LogP contribution in [0.15, 0.2) is 200 Å². The van der Waals surface area contributed by atoms with E-state index in [2.05, 4.69) is 169 Å². The van der Waals surface area contributed by atoms with E-state index in [1.54, 1.807) is 0 Å². The molecule has 1 heterocycles. The number of benzene rings is 9. The molecule has 0 atom stereocenters. The van der Waals surface area contributed by atoms with E-state index < -0.39 is 0 Å². The highest BCUT2D eigenvalue weighted by Gasteiger charge is 2.22. The zero-order valence-electron chi connectivity index (χ0n) is 28.8. The quantitative estimate of drug-likeness (QED) is 0.175. The molecule has 0 saturated carbocycles. The highest BCUT2D eigenvalue weighted by Crippen LogP contribution is 2.48. The molecule has 3 nitrogen and oxygen atoms in total. The van der Waals surface area contributed by atoms with E-state index in [1.165, 1.54) is 38.6 Å². The van der Waals surface area contributed by atoms with E-state index in [-0.39, 0.29) is 0 Å². The van der Waals surface area contributed by atoms with E-state index in [9.17, 15) is 0 Å². The number of anilines is 3. The molecule has 10 rings (SSSR count). The average molecular weight is 680 g/mol. The second kappa shape index (κ2) is 12.9. The zero-order valence-corrected chi connectivity index (χ0v) is 28.8. The van der Waals surface area contributed by atoms with Gasteiger partial charge in [0.1, 0.15) is 11.5 Å². The fraction of sp³-hybridized carbons (Fsp3) is 0. The Bertz CT molecular complexity index is 2750. The predicted molar refractivity (Wildman–Crippen MR) is 219 cm³/mol. The van der Waals surface area contributed by atoms with Gasteiger partial charge < -0.3 is 14.4 Å². The van der Waals surface area contributed by atoms with Crippen molar-refractivity contribution in [3.63, 3.8) is 0 Å². The third-order valence-corrected chi connectivity index (χ3v) is 10.1. The topological polar surface area (TPSA) is 21.7 Å². The Morgan fingerprint density at radius 2 is 0.774 bits per heavy atom. The van der Waals surface area contributed by atoms with Crippen molar-refractivity contribution in [1.29, 1.82) is 0 Å². The minimum Gasteiger partial charge on any atom is -0.453 e. The Morgan fingerprint density at radius 1 is 0.302 bits per heavy atom. The molecule has 0 unspecified atom stereocenters. The SMILES string of the molecule is c1ccc(-c2ccc(N(c3ccc(-c4ccc(-c5ccccc5)c5ccccc45)cc3)c3ccc4c(c3)Oc3cccc5cccc(c35)O4)cc2)cc1. The van der Waals surface area contributed by atoms with Gasteiger partial charge in [0.2, 0.25) is 0 Å². The van der Waals surface area contributed by atoms with Crippen LogP contribution in [0.5, 0.6) is 23.0 Å². The first-order chi connectivity index (χ1) is 26.3. The predicted octanol–water partition coefficient (Wildman–Crippen LogP) is 14.4. The van der Waals surface area contributed by atoms with Gasteiger partial charge >= 0.3 is 0 Å². The number of hydrogen-bond donors (Lipinski definition) is 0. The van der Waals surface area contributed by atoms with E-state index >= 15 is 0 Å². The van der Waals surface area contributed by atoms with Gasteiger partial charge in [-0.3, -0.25) is 0 Å². The molecule has 0 spiro atoms. The number of nitrogens with zero attached hydrogens (tertiary/aromatic N) is 1. The Kier molecular flexibility index (Phi) is 7.47. The Hall–Kier alpha value is -7.10. The maximum atomic E-state index is 6.62. The standard InChI is InChI=1S/C50H33NO2/c1-3-11-34(12-4-1)35-21-25-39(26-22-35)51(41-29-32-46-49(33-41)53-48-20-10-16-38-15-9-19-47(52-46)50(38)48)40-27-23-37(24-28-40)43-31-30-42(36-13-5-2-6-14-36)44-17-7-8-18-45(43)44/h1-33H. The summed E-state index contributed by atoms with van der Waals surface area (Å²) in [5.41, 5.74) is 10.2. The summed E-state index contributed by atoms with van der Waals surface area (Å²) in [4.78, 5) is 2.28. The van der Waals surface area contributed by atoms with Gasteiger partial charge in [-0.1, -0.05) is 146 Å². The lowest BCUT2D eigenvalue weighted by molar-refractivity contribution is 0.439. The second-order valence-corrected chi connectivity index (χ2v) is 13.3. The maximum absolute atomic E-state index is 6.62. The molecule has 0 aromatic heterocycles. The van der Waals surface area contributed by atoms with E-state index in [1.807, 2.05) is 36.4 Å². The number of rotatable bonds is 6. The van der Waals surface area contributed by atoms with Crippen LogP contribution >= 0.6 is 0 Å². The molecule has 1 aliphatic heterocycles. The molecule has 0 bridgehead atoms. The smallest absolute Gasteiger partial charge is 0.172 e. The molecular formula is C50H33NO2. The summed E-state index contributed by atoms with van der Waals surface area (Å²) in [5, 5.41) is 4.52. The maximum Gasteiger partial charge on any atom is 0.172 e. The summed E-state index contributed by atoms with van der Waals surface area (Å²) in [6.45, 7) is 0. The number of ether oxygens (including phenoxy) is 2. The molecule has 9 aromatic carbocycles. The van der Waals surface area contributed by atoms with Crippen LogP contribution in [-0.2, 0) is 0 Å². The van der Waals surface area contributed by atoms with Crippen molar-refractivity contribution < 1.29 is 9.47 Å². The first-order valence-corrected chi connectivity index (χ1v) is 17.9. The van der Waals surface area contributed by atoms with Crippen molar-refractivity contribution >= 4 is 38.6 Å². The van der Waals surface area contributed by atoms with Crippen molar-refractivity contribution in [2.24, 2.45) is 0 Å². The van der Waals surface area contributed by atoms with Crippen LogP contribution in [0, 0.1) is 0 Å². The lowest BCUT2D eigenvalue weighted by Crippen LogP contribution is -2.10. The van der Waals surface area contributed by atoms with Gasteiger partial charge in [0.05, 0.1) is 11.1 Å². The van der Waals surface area contributed by atoms with Crippen LogP contribution < -0.4 is 14.4 Å². The van der Waals surface area contributed by atoms with Gasteiger partial charge in [-0.05, 0) is 98.1 Å². The van der Waals surface area contributed by atoms with E-state index in [4.69, 9.17) is 9.47 Å². The lowest BCUT2D eigenvalue weighted by Gasteiger charge is -2.26. The highest BCUT2D eigenvalue weighted by molar-refractivity contribution is 6.05. The molecule has 0 amide bonds. The molecular weight excluding hydrogens is 647 g/mol. The molecule has 0 fully saturated rings. The van der Waals surface area contributed by atoms with Crippen molar-refractivity contribution in [1.82, 2.24) is 0 Å². The van der Waals surface area contributed by atoms with Crippen molar-refractivity contribution in [3.05, 3.63) is 200 Å². The third-order valence-electron chi connectivity index (χ3n) is 10.1. The van der Waals surface area contributed by atoms with Crippen LogP contribution in [0.4, 0.5) is 17.1 Å². The van der Waals surface area contributed by atoms with Crippen molar-refractivity contribution in [2.45, 2.75) is 0 Å². The van der Waals surface area contributed by atoms with Crippen molar-refractivity contribution in [2.75, 3.05) is 4.90 Å². The number of fused-ring (bicyclic) bond motifs is 2. The molecule has 9 aromatic rings. The largest absolute Gasteiger partial charge is 0.453 e. The average Bonchev–Trinajstić information content (AvgIpc) is 3.39. The van der Waals surface area contributed by atoms with Crippen molar-refractivity contribution in [3.8, 4) is 56.4 Å². The van der Waals surface area contributed by atoms with E-state index in [0.717, 1.165) is 44.9 Å². The minimum absolute atomic E-state index is 0.665. The van der Waals surface area contributed by atoms with Gasteiger partial charge in [0.25, 0.3) is 0 Å². The second-order valence-electron chi connectivity index (χ2n) is 13.3. The fourth-order valence-electron chi connectivity index (χ4n) is 7.57. The molecule has 3 heteroatoms. The molecule has 0 saturated heterocycles. The van der Waals surface area contributed by atoms with Gasteiger partial charge in [0.15, 0.2) is 11.5 Å². The summed E-state index contributed by atoms with van der Waals surface area (Å²) >= 11 is 0. The Morgan fingerprint density at radius 3 is 1.38 bits per heavy atom. The number of hydrogen-bond acceptors (Lipinski definition) is 3. The van der Waals surface area contributed by atoms with Crippen LogP contribution in [0.3, 0.4) is 0 Å². The van der Waals surface area contributed by atoms with Crippen LogP contribution in [0.25, 0.3) is 54.9 Å². The molecule has 1 aliphatic rings. The summed E-state index contributed by atoms with van der Waals surface area (Å²) in [7, 11) is 0. The summed E-state index contributed by atoms with van der Waals surface area (Å²) in [5.74, 6) is 2.91.